The van der Waals surface area contributed by atoms with Crippen molar-refractivity contribution in [3.05, 3.63) is 0 Å². The van der Waals surface area contributed by atoms with Crippen molar-refractivity contribution in [3.8, 4) is 0 Å². The highest BCUT2D eigenvalue weighted by molar-refractivity contribution is 4.55. The molecule has 0 rings (SSSR count). The zero-order valence-electron chi connectivity index (χ0n) is 8.35. The summed E-state index contributed by atoms with van der Waals surface area (Å²) in [6.45, 7) is 5.02. The zero-order chi connectivity index (χ0) is 10.1. The number of hydrogen-bond donors (Lipinski definition) is 1. The van der Waals surface area contributed by atoms with Crippen LogP contribution < -0.4 is 5.32 Å². The molecule has 0 bridgehead atoms. The van der Waals surface area contributed by atoms with Gasteiger partial charge < -0.3 is 10.1 Å². The van der Waals surface area contributed by atoms with E-state index in [0.29, 0.717) is 6.54 Å². The van der Waals surface area contributed by atoms with E-state index in [1.807, 2.05) is 0 Å². The van der Waals surface area contributed by atoms with Gasteiger partial charge in [-0.2, -0.15) is 0 Å². The lowest BCUT2D eigenvalue weighted by atomic mass is 10.3. The summed E-state index contributed by atoms with van der Waals surface area (Å²) >= 11 is 0. The highest BCUT2D eigenvalue weighted by atomic mass is 19.3. The molecule has 1 unspecified atom stereocenters. The normalized spacial score (nSPS) is 13.6. The average Bonchev–Trinajstić information content (AvgIpc) is 2.09. The van der Waals surface area contributed by atoms with Crippen molar-refractivity contribution in [1.29, 1.82) is 0 Å². The molecule has 0 radical (unpaired) electrons. The molecule has 0 saturated carbocycles. The maximum Gasteiger partial charge on any atom is 0.261 e. The standard InChI is InChI=1S/C9H19F2NO/c1-3-4-5-12-6-8(2)13-7-9(10)11/h8-9,12H,3-7H2,1-2H3. The van der Waals surface area contributed by atoms with Gasteiger partial charge in [-0.15, -0.1) is 0 Å². The van der Waals surface area contributed by atoms with Gasteiger partial charge in [0.1, 0.15) is 6.61 Å². The molecule has 0 aliphatic heterocycles. The number of rotatable bonds is 8. The molecule has 0 aliphatic rings. The lowest BCUT2D eigenvalue weighted by molar-refractivity contribution is -0.0163. The van der Waals surface area contributed by atoms with E-state index in [-0.39, 0.29) is 6.10 Å². The van der Waals surface area contributed by atoms with Crippen molar-refractivity contribution >= 4 is 0 Å². The zero-order valence-corrected chi connectivity index (χ0v) is 8.35. The van der Waals surface area contributed by atoms with Crippen LogP contribution in [0.1, 0.15) is 26.7 Å². The molecule has 0 aromatic rings. The SMILES string of the molecule is CCCCNCC(C)OCC(F)F. The monoisotopic (exact) mass is 195 g/mol. The van der Waals surface area contributed by atoms with Crippen molar-refractivity contribution in [1.82, 2.24) is 5.32 Å². The van der Waals surface area contributed by atoms with Gasteiger partial charge in [-0.3, -0.25) is 0 Å². The number of nitrogens with one attached hydrogen (secondary N) is 1. The summed E-state index contributed by atoms with van der Waals surface area (Å²) in [6.07, 6.45) is -0.246. The maximum atomic E-state index is 11.7. The molecule has 4 heteroatoms. The Kier molecular flexibility index (Phi) is 8.24. The van der Waals surface area contributed by atoms with Gasteiger partial charge >= 0.3 is 0 Å². The van der Waals surface area contributed by atoms with Gasteiger partial charge in [-0.1, -0.05) is 13.3 Å². The first kappa shape index (κ1) is 12.8. The summed E-state index contributed by atoms with van der Waals surface area (Å²) in [4.78, 5) is 0. The van der Waals surface area contributed by atoms with Gasteiger partial charge in [-0.25, -0.2) is 8.78 Å². The molecule has 1 atom stereocenters. The van der Waals surface area contributed by atoms with Crippen LogP contribution in [0.2, 0.25) is 0 Å². The molecule has 1 N–H and O–H groups in total. The Morgan fingerprint density at radius 1 is 1.38 bits per heavy atom. The Hall–Kier alpha value is -0.220. The molecular formula is C9H19F2NO. The lowest BCUT2D eigenvalue weighted by Gasteiger charge is -2.13. The van der Waals surface area contributed by atoms with E-state index in [9.17, 15) is 8.78 Å². The second-order valence-corrected chi connectivity index (χ2v) is 3.09. The van der Waals surface area contributed by atoms with Gasteiger partial charge in [0.2, 0.25) is 0 Å². The summed E-state index contributed by atoms with van der Waals surface area (Å²) in [6, 6.07) is 0. The predicted molar refractivity (Wildman–Crippen MR) is 49.2 cm³/mol. The summed E-state index contributed by atoms with van der Waals surface area (Å²) in [5.74, 6) is 0. The molecule has 0 fully saturated rings. The van der Waals surface area contributed by atoms with E-state index in [4.69, 9.17) is 4.74 Å². The third-order valence-corrected chi connectivity index (χ3v) is 1.65. The van der Waals surface area contributed by atoms with Gasteiger partial charge in [0, 0.05) is 6.54 Å². The van der Waals surface area contributed by atoms with Crippen molar-refractivity contribution in [2.75, 3.05) is 19.7 Å². The minimum Gasteiger partial charge on any atom is -0.371 e. The number of halogens is 2. The Labute approximate surface area is 78.7 Å². The molecule has 13 heavy (non-hydrogen) atoms. The van der Waals surface area contributed by atoms with E-state index < -0.39 is 13.0 Å². The minimum atomic E-state index is -2.36. The molecule has 0 spiro atoms. The maximum absolute atomic E-state index is 11.7. The molecule has 2 nitrogen and oxygen atoms in total. The minimum absolute atomic E-state index is 0.133. The molecule has 0 amide bonds. The average molecular weight is 195 g/mol. The Balaban J connectivity index is 3.15. The van der Waals surface area contributed by atoms with Gasteiger partial charge in [0.25, 0.3) is 6.43 Å². The molecule has 0 aromatic carbocycles. The molecule has 0 heterocycles. The second-order valence-electron chi connectivity index (χ2n) is 3.09. The Morgan fingerprint density at radius 2 is 2.08 bits per heavy atom. The van der Waals surface area contributed by atoms with Crippen LogP contribution in [-0.2, 0) is 4.74 Å². The molecular weight excluding hydrogens is 176 g/mol. The first-order chi connectivity index (χ1) is 6.16. The van der Waals surface area contributed by atoms with Gasteiger partial charge in [-0.05, 0) is 19.9 Å². The van der Waals surface area contributed by atoms with Crippen LogP contribution in [0.25, 0.3) is 0 Å². The van der Waals surface area contributed by atoms with E-state index in [1.54, 1.807) is 6.92 Å². The number of ether oxygens (including phenoxy) is 1. The third-order valence-electron chi connectivity index (χ3n) is 1.65. The topological polar surface area (TPSA) is 21.3 Å². The number of alkyl halides is 2. The first-order valence-electron chi connectivity index (χ1n) is 4.77. The molecule has 80 valence electrons. The fourth-order valence-electron chi connectivity index (χ4n) is 0.903. The largest absolute Gasteiger partial charge is 0.371 e. The summed E-state index contributed by atoms with van der Waals surface area (Å²) < 4.78 is 28.3. The summed E-state index contributed by atoms with van der Waals surface area (Å²) in [7, 11) is 0. The lowest BCUT2D eigenvalue weighted by Crippen LogP contribution is -2.28. The number of unbranched alkanes of at least 4 members (excludes halogenated alkanes) is 1. The van der Waals surface area contributed by atoms with Crippen LogP contribution in [0, 0.1) is 0 Å². The predicted octanol–water partition coefficient (Wildman–Crippen LogP) is 2.05. The van der Waals surface area contributed by atoms with Crippen LogP contribution in [0.3, 0.4) is 0 Å². The fraction of sp³-hybridized carbons (Fsp3) is 1.00. The molecule has 0 aromatic heterocycles. The second kappa shape index (κ2) is 8.38. The number of hydrogen-bond acceptors (Lipinski definition) is 2. The third kappa shape index (κ3) is 9.70. The van der Waals surface area contributed by atoms with Crippen molar-refractivity contribution < 1.29 is 13.5 Å². The van der Waals surface area contributed by atoms with Crippen LogP contribution in [0.4, 0.5) is 8.78 Å². The van der Waals surface area contributed by atoms with E-state index >= 15 is 0 Å². The Morgan fingerprint density at radius 3 is 2.62 bits per heavy atom. The highest BCUT2D eigenvalue weighted by Crippen LogP contribution is 1.96. The van der Waals surface area contributed by atoms with Gasteiger partial charge in [0.15, 0.2) is 0 Å². The highest BCUT2D eigenvalue weighted by Gasteiger charge is 2.06. The fourth-order valence-corrected chi connectivity index (χ4v) is 0.903. The Bertz CT molecular complexity index is 112. The quantitative estimate of drug-likeness (QED) is 0.598. The molecule has 0 aliphatic carbocycles. The van der Waals surface area contributed by atoms with Crippen LogP contribution in [-0.4, -0.2) is 32.2 Å². The van der Waals surface area contributed by atoms with Crippen molar-refractivity contribution in [2.24, 2.45) is 0 Å². The van der Waals surface area contributed by atoms with E-state index in [1.165, 1.54) is 0 Å². The van der Waals surface area contributed by atoms with Crippen LogP contribution >= 0.6 is 0 Å². The van der Waals surface area contributed by atoms with E-state index in [0.717, 1.165) is 19.4 Å². The summed E-state index contributed by atoms with van der Waals surface area (Å²) in [5.41, 5.74) is 0. The van der Waals surface area contributed by atoms with Crippen LogP contribution in [0.5, 0.6) is 0 Å². The van der Waals surface area contributed by atoms with Gasteiger partial charge in [0.05, 0.1) is 6.10 Å². The van der Waals surface area contributed by atoms with E-state index in [2.05, 4.69) is 12.2 Å². The van der Waals surface area contributed by atoms with Crippen molar-refractivity contribution in [3.63, 3.8) is 0 Å². The molecule has 0 saturated heterocycles. The summed E-state index contributed by atoms with van der Waals surface area (Å²) in [5, 5.41) is 3.14. The smallest absolute Gasteiger partial charge is 0.261 e. The van der Waals surface area contributed by atoms with Crippen molar-refractivity contribution in [2.45, 2.75) is 39.2 Å². The first-order valence-corrected chi connectivity index (χ1v) is 4.77. The van der Waals surface area contributed by atoms with Crippen LogP contribution in [0.15, 0.2) is 0 Å².